The number of allylic oxidation sites excluding steroid dienone is 2. The molecule has 0 bridgehead atoms. The van der Waals surface area contributed by atoms with Crippen molar-refractivity contribution in [1.29, 1.82) is 0 Å². The summed E-state index contributed by atoms with van der Waals surface area (Å²) in [5.74, 6) is 0.819. The Kier molecular flexibility index (Phi) is 2.14. The summed E-state index contributed by atoms with van der Waals surface area (Å²) in [5, 5.41) is 0. The standard InChI is InChI=1S/C9H10N2OS/c1-7-6-8(10-13-11(7)2)9-4-3-5-12-9/h3-6H,1-2H3. The fourth-order valence-corrected chi connectivity index (χ4v) is 1.56. The maximum absolute atomic E-state index is 5.25. The van der Waals surface area contributed by atoms with E-state index < -0.39 is 0 Å². The van der Waals surface area contributed by atoms with Gasteiger partial charge in [0.05, 0.1) is 18.4 Å². The van der Waals surface area contributed by atoms with Crippen molar-refractivity contribution in [3.05, 3.63) is 35.9 Å². The smallest absolute Gasteiger partial charge is 0.153 e. The highest BCUT2D eigenvalue weighted by Crippen LogP contribution is 2.23. The van der Waals surface area contributed by atoms with Gasteiger partial charge in [-0.2, -0.15) is 4.40 Å². The Morgan fingerprint density at radius 3 is 3.00 bits per heavy atom. The zero-order chi connectivity index (χ0) is 9.26. The van der Waals surface area contributed by atoms with Gasteiger partial charge in [0, 0.05) is 12.7 Å². The van der Waals surface area contributed by atoms with Crippen molar-refractivity contribution in [3.63, 3.8) is 0 Å². The number of rotatable bonds is 1. The van der Waals surface area contributed by atoms with Crippen LogP contribution in [-0.4, -0.2) is 17.1 Å². The first kappa shape index (κ1) is 8.44. The fraction of sp³-hybridized carbons (Fsp3) is 0.222. The molecule has 1 aliphatic heterocycles. The second-order valence-corrected chi connectivity index (χ2v) is 3.71. The summed E-state index contributed by atoms with van der Waals surface area (Å²) in [6, 6.07) is 3.78. The summed E-state index contributed by atoms with van der Waals surface area (Å²) in [5.41, 5.74) is 2.07. The molecule has 0 spiro atoms. The Morgan fingerprint density at radius 1 is 1.54 bits per heavy atom. The Bertz CT molecular complexity index is 354. The number of hydrogen-bond donors (Lipinski definition) is 0. The molecule has 0 atom stereocenters. The van der Waals surface area contributed by atoms with Crippen molar-refractivity contribution < 1.29 is 4.42 Å². The van der Waals surface area contributed by atoms with Crippen LogP contribution in [0.5, 0.6) is 0 Å². The van der Waals surface area contributed by atoms with Crippen molar-refractivity contribution >= 4 is 17.8 Å². The van der Waals surface area contributed by atoms with E-state index in [1.807, 2.05) is 36.5 Å². The summed E-state index contributed by atoms with van der Waals surface area (Å²) >= 11 is 1.43. The molecule has 0 radical (unpaired) electrons. The van der Waals surface area contributed by atoms with Gasteiger partial charge in [0.2, 0.25) is 0 Å². The first-order valence-electron chi connectivity index (χ1n) is 3.98. The molecule has 1 aromatic heterocycles. The van der Waals surface area contributed by atoms with Crippen LogP contribution in [0.25, 0.3) is 0 Å². The number of nitrogens with zero attached hydrogens (tertiary/aromatic N) is 2. The predicted octanol–water partition coefficient (Wildman–Crippen LogP) is 2.48. The summed E-state index contributed by atoms with van der Waals surface area (Å²) in [6.07, 6.45) is 3.67. The Hall–Kier alpha value is -1.16. The van der Waals surface area contributed by atoms with Crippen LogP contribution in [0.1, 0.15) is 12.7 Å². The van der Waals surface area contributed by atoms with Gasteiger partial charge in [0.25, 0.3) is 0 Å². The molecule has 3 nitrogen and oxygen atoms in total. The molecule has 0 aliphatic carbocycles. The average Bonchev–Trinajstić information content (AvgIpc) is 2.62. The minimum atomic E-state index is 0.819. The number of hydrogen-bond acceptors (Lipinski definition) is 4. The zero-order valence-electron chi connectivity index (χ0n) is 7.52. The summed E-state index contributed by atoms with van der Waals surface area (Å²) in [7, 11) is 1.99. The minimum Gasteiger partial charge on any atom is -0.463 e. The molecule has 2 heterocycles. The lowest BCUT2D eigenvalue weighted by molar-refractivity contribution is 0.558. The summed E-state index contributed by atoms with van der Waals surface area (Å²) in [6.45, 7) is 2.05. The molecule has 0 unspecified atom stereocenters. The van der Waals surface area contributed by atoms with E-state index in [0.717, 1.165) is 11.5 Å². The summed E-state index contributed by atoms with van der Waals surface area (Å²) in [4.78, 5) is 0. The lowest BCUT2D eigenvalue weighted by Crippen LogP contribution is -2.12. The molecule has 0 N–H and O–H groups in total. The highest BCUT2D eigenvalue weighted by atomic mass is 32.2. The topological polar surface area (TPSA) is 28.7 Å². The third-order valence-corrected chi connectivity index (χ3v) is 2.69. The van der Waals surface area contributed by atoms with E-state index in [-0.39, 0.29) is 0 Å². The van der Waals surface area contributed by atoms with Crippen LogP contribution in [-0.2, 0) is 0 Å². The molecule has 2 rings (SSSR count). The van der Waals surface area contributed by atoms with E-state index in [1.165, 1.54) is 17.8 Å². The monoisotopic (exact) mass is 194 g/mol. The van der Waals surface area contributed by atoms with Crippen molar-refractivity contribution in [2.75, 3.05) is 7.05 Å². The molecular weight excluding hydrogens is 184 g/mol. The van der Waals surface area contributed by atoms with E-state index >= 15 is 0 Å². The molecule has 0 aromatic carbocycles. The molecule has 4 heteroatoms. The van der Waals surface area contributed by atoms with Crippen molar-refractivity contribution in [2.24, 2.45) is 4.40 Å². The highest BCUT2D eigenvalue weighted by Gasteiger charge is 2.11. The molecule has 0 amide bonds. The van der Waals surface area contributed by atoms with Crippen LogP contribution in [0, 0.1) is 0 Å². The van der Waals surface area contributed by atoms with Crippen molar-refractivity contribution in [1.82, 2.24) is 4.31 Å². The second kappa shape index (κ2) is 3.30. The van der Waals surface area contributed by atoms with Gasteiger partial charge in [0.15, 0.2) is 5.76 Å². The zero-order valence-corrected chi connectivity index (χ0v) is 8.34. The predicted molar refractivity (Wildman–Crippen MR) is 54.4 cm³/mol. The third-order valence-electron chi connectivity index (χ3n) is 1.88. The van der Waals surface area contributed by atoms with Crippen LogP contribution < -0.4 is 0 Å². The highest BCUT2D eigenvalue weighted by molar-refractivity contribution is 7.96. The molecular formula is C9H10N2OS. The Morgan fingerprint density at radius 2 is 2.38 bits per heavy atom. The quantitative estimate of drug-likeness (QED) is 0.643. The van der Waals surface area contributed by atoms with Gasteiger partial charge in [-0.3, -0.25) is 0 Å². The van der Waals surface area contributed by atoms with Gasteiger partial charge in [-0.25, -0.2) is 0 Å². The average molecular weight is 194 g/mol. The second-order valence-electron chi connectivity index (χ2n) is 2.82. The van der Waals surface area contributed by atoms with Gasteiger partial charge in [-0.15, -0.1) is 0 Å². The maximum Gasteiger partial charge on any atom is 0.153 e. The first-order chi connectivity index (χ1) is 6.27. The van der Waals surface area contributed by atoms with Gasteiger partial charge in [-0.1, -0.05) is 0 Å². The molecule has 1 aliphatic rings. The first-order valence-corrected chi connectivity index (χ1v) is 4.71. The van der Waals surface area contributed by atoms with Crippen LogP contribution in [0.4, 0.5) is 0 Å². The van der Waals surface area contributed by atoms with Gasteiger partial charge >= 0.3 is 0 Å². The van der Waals surface area contributed by atoms with E-state index in [1.54, 1.807) is 6.26 Å². The SMILES string of the molecule is CC1=CC(c2ccco2)=NSN1C. The molecule has 0 saturated heterocycles. The van der Waals surface area contributed by atoms with Crippen LogP contribution in [0.3, 0.4) is 0 Å². The van der Waals surface area contributed by atoms with Crippen molar-refractivity contribution in [2.45, 2.75) is 6.92 Å². The molecule has 0 saturated carbocycles. The molecule has 13 heavy (non-hydrogen) atoms. The third kappa shape index (κ3) is 1.62. The Labute approximate surface area is 81.4 Å². The van der Waals surface area contributed by atoms with E-state index in [9.17, 15) is 0 Å². The van der Waals surface area contributed by atoms with E-state index in [0.29, 0.717) is 0 Å². The minimum absolute atomic E-state index is 0.819. The largest absolute Gasteiger partial charge is 0.463 e. The molecule has 1 aromatic rings. The lowest BCUT2D eigenvalue weighted by Gasteiger charge is -2.19. The fourth-order valence-electron chi connectivity index (χ4n) is 1.03. The van der Waals surface area contributed by atoms with Crippen molar-refractivity contribution in [3.8, 4) is 0 Å². The summed E-state index contributed by atoms with van der Waals surface area (Å²) < 4.78 is 11.5. The molecule has 0 fully saturated rings. The van der Waals surface area contributed by atoms with Gasteiger partial charge in [0.1, 0.15) is 5.71 Å². The Balaban J connectivity index is 2.29. The van der Waals surface area contributed by atoms with Gasteiger partial charge < -0.3 is 8.72 Å². The maximum atomic E-state index is 5.25. The van der Waals surface area contributed by atoms with Crippen LogP contribution in [0.2, 0.25) is 0 Å². The normalized spacial score (nSPS) is 16.9. The molecule has 68 valence electrons. The van der Waals surface area contributed by atoms with Gasteiger partial charge in [-0.05, 0) is 25.1 Å². The number of furan rings is 1. The van der Waals surface area contributed by atoms with Crippen LogP contribution >= 0.6 is 12.1 Å². The van der Waals surface area contributed by atoms with Crippen LogP contribution in [0.15, 0.2) is 39.0 Å². The van der Waals surface area contributed by atoms with E-state index in [2.05, 4.69) is 4.40 Å². The van der Waals surface area contributed by atoms with E-state index in [4.69, 9.17) is 4.42 Å². The lowest BCUT2D eigenvalue weighted by atomic mass is 10.2.